The number of benzene rings is 2. The molecule has 2 aromatic carbocycles. The van der Waals surface area contributed by atoms with Gasteiger partial charge in [0, 0.05) is 5.02 Å². The molecule has 0 fully saturated rings. The minimum atomic E-state index is -3.74. The number of anilines is 1. The van der Waals surface area contributed by atoms with E-state index in [0.29, 0.717) is 41.0 Å². The van der Waals surface area contributed by atoms with Gasteiger partial charge in [0.15, 0.2) is 11.5 Å². The Kier molecular flexibility index (Phi) is 6.47. The Bertz CT molecular complexity index is 1060. The third kappa shape index (κ3) is 4.82. The maximum atomic E-state index is 13.0. The molecular formula is C21H25ClN2O5S. The fourth-order valence-corrected chi connectivity index (χ4v) is 4.74. The number of nitrogens with zero attached hydrogens (tertiary/aromatic N) is 1. The minimum Gasteiger partial charge on any atom is -0.486 e. The zero-order valence-corrected chi connectivity index (χ0v) is 18.9. The lowest BCUT2D eigenvalue weighted by molar-refractivity contribution is -0.122. The quantitative estimate of drug-likeness (QED) is 0.725. The normalized spacial score (nSPS) is 15.2. The van der Waals surface area contributed by atoms with Gasteiger partial charge in [-0.25, -0.2) is 8.42 Å². The molecular weight excluding hydrogens is 428 g/mol. The average Bonchev–Trinajstić information content (AvgIpc) is 2.69. The van der Waals surface area contributed by atoms with Gasteiger partial charge in [0.25, 0.3) is 0 Å². The summed E-state index contributed by atoms with van der Waals surface area (Å²) >= 11 is 6.07. The van der Waals surface area contributed by atoms with Crippen molar-refractivity contribution < 1.29 is 22.7 Å². The summed E-state index contributed by atoms with van der Waals surface area (Å²) in [7, 11) is -3.74. The lowest BCUT2D eigenvalue weighted by atomic mass is 10.1. The van der Waals surface area contributed by atoms with Gasteiger partial charge >= 0.3 is 0 Å². The first kappa shape index (κ1) is 22.2. The van der Waals surface area contributed by atoms with Crippen molar-refractivity contribution in [1.29, 1.82) is 0 Å². The van der Waals surface area contributed by atoms with E-state index in [2.05, 4.69) is 5.32 Å². The average molecular weight is 453 g/mol. The van der Waals surface area contributed by atoms with Crippen LogP contribution in [0.25, 0.3) is 0 Å². The number of nitrogens with one attached hydrogen (secondary N) is 1. The highest BCUT2D eigenvalue weighted by molar-refractivity contribution is 7.92. The van der Waals surface area contributed by atoms with Gasteiger partial charge in [-0.3, -0.25) is 9.10 Å². The molecule has 9 heteroatoms. The Hall–Kier alpha value is -2.45. The summed E-state index contributed by atoms with van der Waals surface area (Å²) in [6.45, 7) is 6.11. The van der Waals surface area contributed by atoms with Gasteiger partial charge in [-0.2, -0.15) is 0 Å². The van der Waals surface area contributed by atoms with Crippen LogP contribution in [-0.2, 0) is 14.8 Å². The fraction of sp³-hybridized carbons (Fsp3) is 0.381. The van der Waals surface area contributed by atoms with E-state index in [9.17, 15) is 13.2 Å². The van der Waals surface area contributed by atoms with Gasteiger partial charge in [-0.05, 0) is 56.2 Å². The number of carbonyl (C=O) groups excluding carboxylic acids is 1. The zero-order valence-electron chi connectivity index (χ0n) is 17.3. The highest BCUT2D eigenvalue weighted by atomic mass is 35.5. The SMILES string of the molecule is Cc1ccc(Cl)cc1N([C@H](C)C(=O)N[C@@H](C)c1ccc2c(c1)OCCO2)S(C)(=O)=O. The van der Waals surface area contributed by atoms with Gasteiger partial charge in [0.05, 0.1) is 18.0 Å². The second-order valence-electron chi connectivity index (χ2n) is 7.30. The number of rotatable bonds is 6. The summed E-state index contributed by atoms with van der Waals surface area (Å²) in [5.74, 6) is 0.860. The van der Waals surface area contributed by atoms with Crippen LogP contribution in [0.15, 0.2) is 36.4 Å². The molecule has 7 nitrogen and oxygen atoms in total. The van der Waals surface area contributed by atoms with E-state index >= 15 is 0 Å². The van der Waals surface area contributed by atoms with Crippen LogP contribution in [-0.4, -0.2) is 39.8 Å². The topological polar surface area (TPSA) is 84.9 Å². The number of fused-ring (bicyclic) bond motifs is 1. The number of carbonyl (C=O) groups is 1. The summed E-state index contributed by atoms with van der Waals surface area (Å²) in [5.41, 5.74) is 1.90. The molecule has 0 unspecified atom stereocenters. The smallest absolute Gasteiger partial charge is 0.244 e. The molecule has 1 heterocycles. The molecule has 0 radical (unpaired) electrons. The van der Waals surface area contributed by atoms with Crippen molar-refractivity contribution >= 4 is 33.2 Å². The van der Waals surface area contributed by atoms with E-state index in [4.69, 9.17) is 21.1 Å². The van der Waals surface area contributed by atoms with Crippen LogP contribution < -0.4 is 19.1 Å². The van der Waals surface area contributed by atoms with Gasteiger partial charge in [0.2, 0.25) is 15.9 Å². The Morgan fingerprint density at radius 2 is 1.77 bits per heavy atom. The molecule has 2 atom stereocenters. The molecule has 1 amide bonds. The standard InChI is InChI=1S/C21H25ClN2O5S/c1-13-5-7-17(22)12-18(13)24(30(4,26)27)15(3)21(25)23-14(2)16-6-8-19-20(11-16)29-10-9-28-19/h5-8,11-12,14-15H,9-10H2,1-4H3,(H,23,25)/t14-,15+/m0/s1. The Morgan fingerprint density at radius 1 is 1.10 bits per heavy atom. The summed E-state index contributed by atoms with van der Waals surface area (Å²) in [5, 5.41) is 3.28. The van der Waals surface area contributed by atoms with E-state index in [1.807, 2.05) is 19.1 Å². The lowest BCUT2D eigenvalue weighted by Gasteiger charge is -2.30. The number of aryl methyl sites for hydroxylation is 1. The molecule has 0 saturated heterocycles. The summed E-state index contributed by atoms with van der Waals surface area (Å²) in [4.78, 5) is 13.0. The van der Waals surface area contributed by atoms with Crippen molar-refractivity contribution in [2.45, 2.75) is 32.9 Å². The van der Waals surface area contributed by atoms with Gasteiger partial charge in [-0.1, -0.05) is 23.7 Å². The van der Waals surface area contributed by atoms with Crippen molar-refractivity contribution in [1.82, 2.24) is 5.32 Å². The number of ether oxygens (including phenoxy) is 2. The largest absolute Gasteiger partial charge is 0.486 e. The highest BCUT2D eigenvalue weighted by Crippen LogP contribution is 2.33. The predicted octanol–water partition coefficient (Wildman–Crippen LogP) is 3.45. The highest BCUT2D eigenvalue weighted by Gasteiger charge is 2.31. The zero-order chi connectivity index (χ0) is 22.1. The Morgan fingerprint density at radius 3 is 2.43 bits per heavy atom. The molecule has 2 aromatic rings. The number of halogens is 1. The monoisotopic (exact) mass is 452 g/mol. The van der Waals surface area contributed by atoms with Crippen LogP contribution in [0.3, 0.4) is 0 Å². The minimum absolute atomic E-state index is 0.363. The van der Waals surface area contributed by atoms with E-state index < -0.39 is 22.0 Å². The predicted molar refractivity (Wildman–Crippen MR) is 117 cm³/mol. The molecule has 1 aliphatic heterocycles. The molecule has 0 bridgehead atoms. The Balaban J connectivity index is 1.83. The number of sulfonamides is 1. The van der Waals surface area contributed by atoms with Crippen LogP contribution in [0.5, 0.6) is 11.5 Å². The van der Waals surface area contributed by atoms with Crippen molar-refractivity contribution in [3.8, 4) is 11.5 Å². The van der Waals surface area contributed by atoms with Crippen LogP contribution in [0.2, 0.25) is 5.02 Å². The second kappa shape index (κ2) is 8.73. The molecule has 30 heavy (non-hydrogen) atoms. The molecule has 0 spiro atoms. The molecule has 0 aliphatic carbocycles. The first-order valence-electron chi connectivity index (χ1n) is 9.53. The van der Waals surface area contributed by atoms with Gasteiger partial charge in [0.1, 0.15) is 19.3 Å². The summed E-state index contributed by atoms with van der Waals surface area (Å²) < 4.78 is 37.3. The first-order chi connectivity index (χ1) is 14.1. The molecule has 162 valence electrons. The van der Waals surface area contributed by atoms with Crippen LogP contribution in [0.1, 0.15) is 31.0 Å². The molecule has 0 saturated carbocycles. The van der Waals surface area contributed by atoms with E-state index in [1.54, 1.807) is 38.1 Å². The van der Waals surface area contributed by atoms with E-state index in [1.165, 1.54) is 0 Å². The van der Waals surface area contributed by atoms with Crippen molar-refractivity contribution in [2.75, 3.05) is 23.8 Å². The third-order valence-corrected chi connectivity index (χ3v) is 6.38. The van der Waals surface area contributed by atoms with Crippen LogP contribution in [0.4, 0.5) is 5.69 Å². The number of amides is 1. The summed E-state index contributed by atoms with van der Waals surface area (Å²) in [6, 6.07) is 9.07. The van der Waals surface area contributed by atoms with E-state index in [0.717, 1.165) is 16.1 Å². The van der Waals surface area contributed by atoms with Gasteiger partial charge < -0.3 is 14.8 Å². The van der Waals surface area contributed by atoms with Crippen molar-refractivity contribution in [3.63, 3.8) is 0 Å². The second-order valence-corrected chi connectivity index (χ2v) is 9.59. The lowest BCUT2D eigenvalue weighted by Crippen LogP contribution is -2.48. The maximum Gasteiger partial charge on any atom is 0.244 e. The molecule has 3 rings (SSSR count). The Labute approximate surface area is 182 Å². The maximum absolute atomic E-state index is 13.0. The fourth-order valence-electron chi connectivity index (χ4n) is 3.35. The third-order valence-electron chi connectivity index (χ3n) is 4.92. The first-order valence-corrected chi connectivity index (χ1v) is 11.8. The van der Waals surface area contributed by atoms with Crippen LogP contribution in [0, 0.1) is 6.92 Å². The van der Waals surface area contributed by atoms with Gasteiger partial charge in [-0.15, -0.1) is 0 Å². The molecule has 1 N–H and O–H groups in total. The summed E-state index contributed by atoms with van der Waals surface area (Å²) in [6.07, 6.45) is 1.07. The van der Waals surface area contributed by atoms with Crippen molar-refractivity contribution in [3.05, 3.63) is 52.5 Å². The van der Waals surface area contributed by atoms with Crippen molar-refractivity contribution in [2.24, 2.45) is 0 Å². The van der Waals surface area contributed by atoms with E-state index in [-0.39, 0.29) is 6.04 Å². The molecule has 1 aliphatic rings. The van der Waals surface area contributed by atoms with Crippen LogP contribution >= 0.6 is 11.6 Å². The number of hydrogen-bond acceptors (Lipinski definition) is 5. The molecule has 0 aromatic heterocycles. The number of hydrogen-bond donors (Lipinski definition) is 1.